The molecule has 0 amide bonds. The van der Waals surface area contributed by atoms with Crippen LogP contribution in [0.1, 0.15) is 41.5 Å². The number of benzene rings is 1. The maximum Gasteiger partial charge on any atom is 0.203 e. The van der Waals surface area contributed by atoms with Crippen molar-refractivity contribution < 1.29 is 0 Å². The number of nitrogens with one attached hydrogen (secondary N) is 2. The first-order chi connectivity index (χ1) is 14.1. The van der Waals surface area contributed by atoms with Crippen molar-refractivity contribution in [1.82, 2.24) is 35.5 Å². The van der Waals surface area contributed by atoms with Crippen LogP contribution in [0.2, 0.25) is 0 Å². The van der Waals surface area contributed by atoms with Crippen molar-refractivity contribution in [3.05, 3.63) is 65.0 Å². The van der Waals surface area contributed by atoms with E-state index in [1.807, 2.05) is 16.9 Å². The van der Waals surface area contributed by atoms with Gasteiger partial charge in [-0.05, 0) is 47.6 Å². The van der Waals surface area contributed by atoms with Crippen molar-refractivity contribution in [3.8, 4) is 0 Å². The smallest absolute Gasteiger partial charge is 0.203 e. The second-order valence-corrected chi connectivity index (χ2v) is 7.91. The molecule has 29 heavy (non-hydrogen) atoms. The molecule has 0 spiro atoms. The lowest BCUT2D eigenvalue weighted by atomic mass is 9.95. The summed E-state index contributed by atoms with van der Waals surface area (Å²) in [6.07, 6.45) is 5.85. The molecular weight excluding hydrogens is 364 g/mol. The van der Waals surface area contributed by atoms with Gasteiger partial charge in [0.2, 0.25) is 5.65 Å². The first kappa shape index (κ1) is 17.8. The largest absolute Gasteiger partial charge is 0.384 e. The maximum absolute atomic E-state index is 5.90. The lowest BCUT2D eigenvalue weighted by Crippen LogP contribution is -2.16. The van der Waals surface area contributed by atoms with Crippen LogP contribution >= 0.6 is 0 Å². The number of pyridine rings is 1. The second kappa shape index (κ2) is 7.29. The standard InChI is InChI=1S/C21H24N8/c1-13-5-18(10-23-13)16-4-2-3-14(6-16)11-29-12-15(9-24-29)7-17-8-19(22)25-21-20(17)26-28-27-21/h2-4,6,8-9,12-13,18,23H,5,7,10-11H2,1H3,(H3,22,25,26,27,28)/t13?,18-/m1/s1. The van der Waals surface area contributed by atoms with Crippen LogP contribution in [0.15, 0.2) is 42.7 Å². The highest BCUT2D eigenvalue weighted by Crippen LogP contribution is 2.26. The number of H-pyrrole nitrogens is 1. The number of nitrogens with zero attached hydrogens (tertiary/aromatic N) is 5. The van der Waals surface area contributed by atoms with Crippen LogP contribution in [-0.2, 0) is 13.0 Å². The number of fused-ring (bicyclic) bond motifs is 1. The van der Waals surface area contributed by atoms with Crippen molar-refractivity contribution in [2.24, 2.45) is 0 Å². The van der Waals surface area contributed by atoms with Crippen LogP contribution in [0.25, 0.3) is 11.2 Å². The molecule has 8 nitrogen and oxygen atoms in total. The Balaban J connectivity index is 1.32. The number of rotatable bonds is 5. The molecule has 0 aliphatic carbocycles. The molecule has 4 heterocycles. The Hall–Kier alpha value is -3.26. The van der Waals surface area contributed by atoms with Gasteiger partial charge in [0, 0.05) is 25.2 Å². The molecule has 0 saturated carbocycles. The molecule has 1 aliphatic heterocycles. The number of hydrogen-bond donors (Lipinski definition) is 3. The summed E-state index contributed by atoms with van der Waals surface area (Å²) < 4.78 is 1.98. The molecule has 0 bridgehead atoms. The van der Waals surface area contributed by atoms with Crippen LogP contribution < -0.4 is 11.1 Å². The van der Waals surface area contributed by atoms with E-state index in [1.54, 1.807) is 0 Å². The van der Waals surface area contributed by atoms with E-state index in [-0.39, 0.29) is 0 Å². The summed E-state index contributed by atoms with van der Waals surface area (Å²) >= 11 is 0. The van der Waals surface area contributed by atoms with Crippen molar-refractivity contribution in [3.63, 3.8) is 0 Å². The van der Waals surface area contributed by atoms with E-state index in [0.717, 1.165) is 29.7 Å². The molecule has 3 aromatic heterocycles. The molecule has 5 rings (SSSR count). The van der Waals surface area contributed by atoms with Crippen LogP contribution in [0.5, 0.6) is 0 Å². The van der Waals surface area contributed by atoms with E-state index in [2.05, 4.69) is 68.2 Å². The predicted octanol–water partition coefficient (Wildman–Crippen LogP) is 2.24. The number of nitrogens with two attached hydrogens (primary N) is 1. The fourth-order valence-corrected chi connectivity index (χ4v) is 4.18. The highest BCUT2D eigenvalue weighted by molar-refractivity contribution is 5.76. The molecule has 1 unspecified atom stereocenters. The van der Waals surface area contributed by atoms with Gasteiger partial charge in [0.05, 0.1) is 12.7 Å². The third-order valence-electron chi connectivity index (χ3n) is 5.59. The quantitative estimate of drug-likeness (QED) is 0.484. The van der Waals surface area contributed by atoms with E-state index >= 15 is 0 Å². The Morgan fingerprint density at radius 3 is 3.00 bits per heavy atom. The molecule has 8 heteroatoms. The molecule has 1 fully saturated rings. The monoisotopic (exact) mass is 388 g/mol. The summed E-state index contributed by atoms with van der Waals surface area (Å²) in [6, 6.07) is 11.3. The summed E-state index contributed by atoms with van der Waals surface area (Å²) in [7, 11) is 0. The topological polar surface area (TPSA) is 110 Å². The molecule has 1 aromatic carbocycles. The molecule has 1 saturated heterocycles. The van der Waals surface area contributed by atoms with Crippen molar-refractivity contribution in [1.29, 1.82) is 0 Å². The minimum atomic E-state index is 0.446. The first-order valence-corrected chi connectivity index (χ1v) is 9.93. The van der Waals surface area contributed by atoms with E-state index in [0.29, 0.717) is 29.8 Å². The second-order valence-electron chi connectivity index (χ2n) is 7.91. The number of hydrogen-bond acceptors (Lipinski definition) is 6. The van der Waals surface area contributed by atoms with Crippen molar-refractivity contribution in [2.45, 2.75) is 38.3 Å². The highest BCUT2D eigenvalue weighted by atomic mass is 15.3. The van der Waals surface area contributed by atoms with Gasteiger partial charge in [-0.15, -0.1) is 5.10 Å². The van der Waals surface area contributed by atoms with Gasteiger partial charge in [0.1, 0.15) is 11.3 Å². The van der Waals surface area contributed by atoms with Gasteiger partial charge < -0.3 is 11.1 Å². The van der Waals surface area contributed by atoms with E-state index in [9.17, 15) is 0 Å². The molecule has 1 aliphatic rings. The summed E-state index contributed by atoms with van der Waals surface area (Å²) in [5.74, 6) is 1.04. The highest BCUT2D eigenvalue weighted by Gasteiger charge is 2.22. The SMILES string of the molecule is CC1C[C@@H](c2cccc(Cn3cc(Cc4cc(N)nc5n[nH]nc45)cn3)c2)CN1. The number of aromatic amines is 1. The fraction of sp³-hybridized carbons (Fsp3) is 0.333. The lowest BCUT2D eigenvalue weighted by Gasteiger charge is -2.11. The van der Waals surface area contributed by atoms with Crippen LogP contribution in [-0.4, -0.2) is 42.8 Å². The third kappa shape index (κ3) is 3.71. The van der Waals surface area contributed by atoms with Crippen LogP contribution in [0.3, 0.4) is 0 Å². The minimum Gasteiger partial charge on any atom is -0.384 e. The molecule has 4 aromatic rings. The normalized spacial score (nSPS) is 19.2. The summed E-state index contributed by atoms with van der Waals surface area (Å²) in [6.45, 7) is 4.06. The van der Waals surface area contributed by atoms with Crippen molar-refractivity contribution >= 4 is 17.0 Å². The van der Waals surface area contributed by atoms with Crippen LogP contribution in [0, 0.1) is 0 Å². The third-order valence-corrected chi connectivity index (χ3v) is 5.59. The average molecular weight is 388 g/mol. The Bertz CT molecular complexity index is 1140. The van der Waals surface area contributed by atoms with Gasteiger partial charge in [0.25, 0.3) is 0 Å². The van der Waals surface area contributed by atoms with Gasteiger partial charge in [-0.1, -0.05) is 24.3 Å². The number of nitrogen functional groups attached to an aromatic ring is 1. The van der Waals surface area contributed by atoms with Gasteiger partial charge in [-0.3, -0.25) is 4.68 Å². The fourth-order valence-electron chi connectivity index (χ4n) is 4.18. The minimum absolute atomic E-state index is 0.446. The zero-order valence-corrected chi connectivity index (χ0v) is 16.3. The van der Waals surface area contributed by atoms with E-state index in [4.69, 9.17) is 5.73 Å². The molecule has 2 atom stereocenters. The molecule has 148 valence electrons. The Morgan fingerprint density at radius 2 is 2.14 bits per heavy atom. The Labute approximate surface area is 168 Å². The first-order valence-electron chi connectivity index (χ1n) is 9.93. The maximum atomic E-state index is 5.90. The predicted molar refractivity (Wildman–Crippen MR) is 111 cm³/mol. The summed E-state index contributed by atoms with van der Waals surface area (Å²) in [5.41, 5.74) is 12.0. The van der Waals surface area contributed by atoms with Gasteiger partial charge >= 0.3 is 0 Å². The van der Waals surface area contributed by atoms with Gasteiger partial charge in [-0.25, -0.2) is 4.98 Å². The number of anilines is 1. The molecule has 4 N–H and O–H groups in total. The zero-order valence-electron chi connectivity index (χ0n) is 16.3. The number of aromatic nitrogens is 6. The van der Waals surface area contributed by atoms with E-state index in [1.165, 1.54) is 17.5 Å². The lowest BCUT2D eigenvalue weighted by molar-refractivity contribution is 0.657. The van der Waals surface area contributed by atoms with Gasteiger partial charge in [-0.2, -0.15) is 15.4 Å². The molecule has 0 radical (unpaired) electrons. The molecular formula is C21H24N8. The van der Waals surface area contributed by atoms with Crippen molar-refractivity contribution in [2.75, 3.05) is 12.3 Å². The van der Waals surface area contributed by atoms with Crippen LogP contribution in [0.4, 0.5) is 5.82 Å². The van der Waals surface area contributed by atoms with Gasteiger partial charge in [0.15, 0.2) is 0 Å². The summed E-state index contributed by atoms with van der Waals surface area (Å²) in [5, 5.41) is 18.9. The van der Waals surface area contributed by atoms with E-state index < -0.39 is 0 Å². The Morgan fingerprint density at radius 1 is 1.21 bits per heavy atom. The summed E-state index contributed by atoms with van der Waals surface area (Å²) in [4.78, 5) is 4.19. The average Bonchev–Trinajstić information content (AvgIpc) is 3.43. The zero-order chi connectivity index (χ0) is 19.8. The Kier molecular flexibility index (Phi) is 4.48.